The Labute approximate surface area is 120 Å². The van der Waals surface area contributed by atoms with Crippen molar-refractivity contribution < 1.29 is 14.2 Å². The molecule has 1 aromatic rings. The zero-order chi connectivity index (χ0) is 14.3. The first-order chi connectivity index (χ1) is 9.02. The summed E-state index contributed by atoms with van der Waals surface area (Å²) in [5, 5.41) is 0. The molecule has 0 unspecified atom stereocenters. The van der Waals surface area contributed by atoms with E-state index in [0.29, 0.717) is 0 Å². The van der Waals surface area contributed by atoms with Crippen molar-refractivity contribution in [3.63, 3.8) is 0 Å². The summed E-state index contributed by atoms with van der Waals surface area (Å²) in [6, 6.07) is 8.29. The molecule has 0 saturated carbocycles. The molecule has 108 valence electrons. The Hall–Kier alpha value is -0.550. The lowest BCUT2D eigenvalue weighted by molar-refractivity contribution is -0.106. The third-order valence-corrected chi connectivity index (χ3v) is 4.12. The van der Waals surface area contributed by atoms with Crippen LogP contribution >= 0.6 is 11.8 Å². The zero-order valence-electron chi connectivity index (χ0n) is 12.4. The van der Waals surface area contributed by atoms with Gasteiger partial charge >= 0.3 is 0 Å². The Morgan fingerprint density at radius 3 is 2.11 bits per heavy atom. The molecule has 0 atom stereocenters. The minimum Gasteiger partial charge on any atom is -0.379 e. The number of hydrogen-bond donors (Lipinski definition) is 0. The molecule has 0 fully saturated rings. The van der Waals surface area contributed by atoms with Crippen molar-refractivity contribution in [3.05, 3.63) is 29.8 Å². The first kappa shape index (κ1) is 16.5. The highest BCUT2D eigenvalue weighted by atomic mass is 32.2. The van der Waals surface area contributed by atoms with Gasteiger partial charge in [-0.2, -0.15) is 0 Å². The monoisotopic (exact) mass is 284 g/mol. The summed E-state index contributed by atoms with van der Waals surface area (Å²) < 4.78 is 15.8. The molecule has 0 bridgehead atoms. The van der Waals surface area contributed by atoms with Gasteiger partial charge in [0.05, 0.1) is 5.60 Å². The summed E-state index contributed by atoms with van der Waals surface area (Å²) in [6.07, 6.45) is 0.737. The lowest BCUT2D eigenvalue weighted by Gasteiger charge is -2.22. The number of thioether (sulfide) groups is 1. The van der Waals surface area contributed by atoms with Crippen molar-refractivity contribution in [2.75, 3.05) is 27.1 Å². The minimum absolute atomic E-state index is 0.0515. The van der Waals surface area contributed by atoms with E-state index in [2.05, 4.69) is 26.0 Å². The molecule has 0 saturated heterocycles. The van der Waals surface area contributed by atoms with Crippen molar-refractivity contribution in [2.45, 2.75) is 37.1 Å². The Morgan fingerprint density at radius 2 is 1.63 bits per heavy atom. The van der Waals surface area contributed by atoms with Crippen LogP contribution in [0.3, 0.4) is 0 Å². The maximum Gasteiger partial charge on any atom is 0.183 e. The summed E-state index contributed by atoms with van der Waals surface area (Å²) in [4.78, 5) is 1.25. The Bertz CT molecular complexity index is 358. The van der Waals surface area contributed by atoms with Crippen molar-refractivity contribution in [3.8, 4) is 0 Å². The summed E-state index contributed by atoms with van der Waals surface area (Å²) in [5.41, 5.74) is 0.982. The van der Waals surface area contributed by atoms with Crippen LogP contribution in [0.4, 0.5) is 0 Å². The highest BCUT2D eigenvalue weighted by molar-refractivity contribution is 7.99. The van der Waals surface area contributed by atoms with Crippen LogP contribution in [0.1, 0.15) is 32.1 Å². The molecular weight excluding hydrogens is 260 g/mol. The van der Waals surface area contributed by atoms with Gasteiger partial charge in [0.2, 0.25) is 0 Å². The fraction of sp³-hybridized carbons (Fsp3) is 0.600. The van der Waals surface area contributed by atoms with E-state index in [4.69, 9.17) is 14.2 Å². The molecule has 0 N–H and O–H groups in total. The molecule has 0 spiro atoms. The normalized spacial score (nSPS) is 12.1. The largest absolute Gasteiger partial charge is 0.379 e. The van der Waals surface area contributed by atoms with Gasteiger partial charge in [0, 0.05) is 37.5 Å². The maximum atomic E-state index is 5.41. The number of hydrogen-bond acceptors (Lipinski definition) is 4. The van der Waals surface area contributed by atoms with Crippen molar-refractivity contribution in [2.24, 2.45) is 0 Å². The van der Waals surface area contributed by atoms with Crippen LogP contribution in [-0.2, 0) is 14.2 Å². The summed E-state index contributed by atoms with van der Waals surface area (Å²) in [5.74, 6) is 1.04. The van der Waals surface area contributed by atoms with Gasteiger partial charge in [-0.1, -0.05) is 12.1 Å². The fourth-order valence-corrected chi connectivity index (χ4v) is 2.76. The zero-order valence-corrected chi connectivity index (χ0v) is 13.3. The van der Waals surface area contributed by atoms with Crippen LogP contribution < -0.4 is 0 Å². The number of ether oxygens (including phenoxy) is 3. The van der Waals surface area contributed by atoms with E-state index in [-0.39, 0.29) is 11.9 Å². The average molecular weight is 284 g/mol. The second-order valence-corrected chi connectivity index (χ2v) is 6.10. The van der Waals surface area contributed by atoms with Gasteiger partial charge in [-0.05, 0) is 32.4 Å². The van der Waals surface area contributed by atoms with E-state index in [1.807, 2.05) is 23.9 Å². The third-order valence-electron chi connectivity index (χ3n) is 3.11. The summed E-state index contributed by atoms with van der Waals surface area (Å²) in [7, 11) is 5.04. The molecule has 1 rings (SSSR count). The Morgan fingerprint density at radius 1 is 1.05 bits per heavy atom. The lowest BCUT2D eigenvalue weighted by atomic mass is 10.1. The fourth-order valence-electron chi connectivity index (χ4n) is 1.61. The quantitative estimate of drug-likeness (QED) is 0.535. The smallest absolute Gasteiger partial charge is 0.183 e. The first-order valence-corrected chi connectivity index (χ1v) is 7.34. The minimum atomic E-state index is -0.286. The molecule has 0 amide bonds. The molecule has 0 aliphatic heterocycles. The second-order valence-electron chi connectivity index (χ2n) is 4.93. The van der Waals surface area contributed by atoms with Gasteiger partial charge in [0.15, 0.2) is 6.29 Å². The van der Waals surface area contributed by atoms with Crippen molar-refractivity contribution >= 4 is 11.8 Å². The van der Waals surface area contributed by atoms with Gasteiger partial charge in [-0.3, -0.25) is 0 Å². The van der Waals surface area contributed by atoms with Crippen LogP contribution in [0, 0.1) is 0 Å². The predicted molar refractivity (Wildman–Crippen MR) is 79.6 cm³/mol. The number of methoxy groups -OCH3 is 3. The number of rotatable bonds is 8. The Kier molecular flexibility index (Phi) is 6.86. The van der Waals surface area contributed by atoms with Crippen molar-refractivity contribution in [1.29, 1.82) is 0 Å². The third kappa shape index (κ3) is 5.53. The standard InChI is InChI=1S/C15H24O3S/c1-15(2,18-5)10-11-19-13-8-6-12(7-9-13)14(16-3)17-4/h6-9,14H,10-11H2,1-5H3. The van der Waals surface area contributed by atoms with Gasteiger partial charge in [0.1, 0.15) is 0 Å². The molecule has 0 heterocycles. The molecule has 19 heavy (non-hydrogen) atoms. The molecule has 0 aromatic heterocycles. The molecule has 0 aliphatic rings. The van der Waals surface area contributed by atoms with Gasteiger partial charge in [0.25, 0.3) is 0 Å². The average Bonchev–Trinajstić information content (AvgIpc) is 2.42. The Balaban J connectivity index is 2.49. The topological polar surface area (TPSA) is 27.7 Å². The van der Waals surface area contributed by atoms with Crippen LogP contribution in [0.5, 0.6) is 0 Å². The van der Waals surface area contributed by atoms with E-state index in [0.717, 1.165) is 17.7 Å². The van der Waals surface area contributed by atoms with Crippen LogP contribution in [0.25, 0.3) is 0 Å². The van der Waals surface area contributed by atoms with E-state index in [9.17, 15) is 0 Å². The second kappa shape index (κ2) is 7.90. The predicted octanol–water partition coefficient (Wildman–Crippen LogP) is 3.89. The highest BCUT2D eigenvalue weighted by Gasteiger charge is 2.15. The number of benzene rings is 1. The van der Waals surface area contributed by atoms with E-state index >= 15 is 0 Å². The van der Waals surface area contributed by atoms with E-state index < -0.39 is 0 Å². The lowest BCUT2D eigenvalue weighted by Crippen LogP contribution is -2.22. The highest BCUT2D eigenvalue weighted by Crippen LogP contribution is 2.25. The van der Waals surface area contributed by atoms with Gasteiger partial charge in [-0.25, -0.2) is 0 Å². The van der Waals surface area contributed by atoms with Crippen LogP contribution in [0.15, 0.2) is 29.2 Å². The summed E-state index contributed by atoms with van der Waals surface area (Å²) >= 11 is 1.84. The molecule has 4 heteroatoms. The summed E-state index contributed by atoms with van der Waals surface area (Å²) in [6.45, 7) is 4.22. The first-order valence-electron chi connectivity index (χ1n) is 6.36. The molecule has 1 aromatic carbocycles. The van der Waals surface area contributed by atoms with E-state index in [1.54, 1.807) is 21.3 Å². The van der Waals surface area contributed by atoms with Crippen LogP contribution in [0.2, 0.25) is 0 Å². The molecule has 0 radical (unpaired) electrons. The van der Waals surface area contributed by atoms with Gasteiger partial charge < -0.3 is 14.2 Å². The molecule has 0 aliphatic carbocycles. The maximum absolute atomic E-state index is 5.41. The van der Waals surface area contributed by atoms with E-state index in [1.165, 1.54) is 4.90 Å². The SMILES string of the molecule is COC(OC)c1ccc(SCCC(C)(C)OC)cc1. The van der Waals surface area contributed by atoms with Gasteiger partial charge in [-0.15, -0.1) is 11.8 Å². The molecule has 3 nitrogen and oxygen atoms in total. The van der Waals surface area contributed by atoms with Crippen molar-refractivity contribution in [1.82, 2.24) is 0 Å². The van der Waals surface area contributed by atoms with Crippen LogP contribution in [-0.4, -0.2) is 32.7 Å². The molecular formula is C15H24O3S.